The average Bonchev–Trinajstić information content (AvgIpc) is 2.15. The number of benzene rings is 1. The summed E-state index contributed by atoms with van der Waals surface area (Å²) in [6.07, 6.45) is 1.79. The van der Waals surface area contributed by atoms with Crippen molar-refractivity contribution in [1.82, 2.24) is 0 Å². The standard InChI is InChI=1S/C10H11ClO/c1-2-9-4-3-5-10(8-9)12-7-6-11/h2-5,8H,1,6-7H2. The third-order valence-electron chi connectivity index (χ3n) is 1.44. The molecule has 1 nitrogen and oxygen atoms in total. The molecule has 0 aliphatic heterocycles. The molecule has 1 rings (SSSR count). The number of rotatable bonds is 4. The Morgan fingerprint density at radius 2 is 2.33 bits per heavy atom. The van der Waals surface area contributed by atoms with Gasteiger partial charge < -0.3 is 4.74 Å². The molecule has 0 spiro atoms. The smallest absolute Gasteiger partial charge is 0.119 e. The monoisotopic (exact) mass is 182 g/mol. The van der Waals surface area contributed by atoms with Crippen molar-refractivity contribution in [1.29, 1.82) is 0 Å². The van der Waals surface area contributed by atoms with E-state index in [4.69, 9.17) is 16.3 Å². The summed E-state index contributed by atoms with van der Waals surface area (Å²) in [5, 5.41) is 0. The Hall–Kier alpha value is -0.950. The molecule has 12 heavy (non-hydrogen) atoms. The van der Waals surface area contributed by atoms with E-state index in [9.17, 15) is 0 Å². The molecule has 1 aromatic rings. The van der Waals surface area contributed by atoms with Crippen LogP contribution in [0.25, 0.3) is 6.08 Å². The van der Waals surface area contributed by atoms with Gasteiger partial charge in [-0.15, -0.1) is 11.6 Å². The van der Waals surface area contributed by atoms with Crippen LogP contribution >= 0.6 is 11.6 Å². The highest BCUT2D eigenvalue weighted by molar-refractivity contribution is 6.17. The third kappa shape index (κ3) is 2.59. The summed E-state index contributed by atoms with van der Waals surface area (Å²) in [6, 6.07) is 7.74. The molecule has 0 unspecified atom stereocenters. The van der Waals surface area contributed by atoms with Gasteiger partial charge in [-0.1, -0.05) is 24.8 Å². The first-order valence-corrected chi connectivity index (χ1v) is 4.31. The molecule has 0 aromatic heterocycles. The van der Waals surface area contributed by atoms with Crippen molar-refractivity contribution in [2.24, 2.45) is 0 Å². The molecule has 0 saturated carbocycles. The minimum Gasteiger partial charge on any atom is -0.492 e. The van der Waals surface area contributed by atoms with Crippen molar-refractivity contribution >= 4 is 17.7 Å². The predicted octanol–water partition coefficient (Wildman–Crippen LogP) is 2.95. The summed E-state index contributed by atoms with van der Waals surface area (Å²) in [7, 11) is 0. The van der Waals surface area contributed by atoms with Crippen LogP contribution in [-0.4, -0.2) is 12.5 Å². The Morgan fingerprint density at radius 1 is 1.50 bits per heavy atom. The lowest BCUT2D eigenvalue weighted by molar-refractivity contribution is 0.343. The predicted molar refractivity (Wildman–Crippen MR) is 52.7 cm³/mol. The van der Waals surface area contributed by atoms with E-state index >= 15 is 0 Å². The summed E-state index contributed by atoms with van der Waals surface area (Å²) in [5.74, 6) is 1.35. The first-order valence-electron chi connectivity index (χ1n) is 3.78. The number of alkyl halides is 1. The molecule has 0 atom stereocenters. The van der Waals surface area contributed by atoms with Crippen LogP contribution in [-0.2, 0) is 0 Å². The molecule has 1 aromatic carbocycles. The molecule has 0 aliphatic rings. The van der Waals surface area contributed by atoms with Crippen molar-refractivity contribution < 1.29 is 4.74 Å². The number of hydrogen-bond acceptors (Lipinski definition) is 1. The van der Waals surface area contributed by atoms with Gasteiger partial charge in [-0.3, -0.25) is 0 Å². The molecule has 0 radical (unpaired) electrons. The van der Waals surface area contributed by atoms with Crippen LogP contribution in [0.3, 0.4) is 0 Å². The van der Waals surface area contributed by atoms with Crippen LogP contribution in [0.4, 0.5) is 0 Å². The molecule has 0 fully saturated rings. The van der Waals surface area contributed by atoms with E-state index in [0.29, 0.717) is 12.5 Å². The molecule has 0 bridgehead atoms. The van der Waals surface area contributed by atoms with E-state index in [1.54, 1.807) is 6.08 Å². The summed E-state index contributed by atoms with van der Waals surface area (Å²) in [5.41, 5.74) is 1.06. The summed E-state index contributed by atoms with van der Waals surface area (Å²) in [4.78, 5) is 0. The SMILES string of the molecule is C=Cc1cccc(OCCCl)c1. The highest BCUT2D eigenvalue weighted by Crippen LogP contribution is 2.13. The number of hydrogen-bond donors (Lipinski definition) is 0. The summed E-state index contributed by atoms with van der Waals surface area (Å²) >= 11 is 5.48. The quantitative estimate of drug-likeness (QED) is 0.651. The lowest BCUT2D eigenvalue weighted by Gasteiger charge is -2.03. The van der Waals surface area contributed by atoms with E-state index in [2.05, 4.69) is 6.58 Å². The second-order valence-corrected chi connectivity index (χ2v) is 2.69. The second kappa shape index (κ2) is 4.83. The first-order chi connectivity index (χ1) is 5.86. The maximum Gasteiger partial charge on any atom is 0.119 e. The number of halogens is 1. The van der Waals surface area contributed by atoms with Crippen LogP contribution in [0, 0.1) is 0 Å². The van der Waals surface area contributed by atoms with E-state index in [1.807, 2.05) is 24.3 Å². The van der Waals surface area contributed by atoms with Crippen molar-refractivity contribution in [3.63, 3.8) is 0 Å². The molecule has 0 amide bonds. The molecule has 0 N–H and O–H groups in total. The van der Waals surface area contributed by atoms with Gasteiger partial charge in [0.05, 0.1) is 5.88 Å². The summed E-state index contributed by atoms with van der Waals surface area (Å²) < 4.78 is 5.32. The molecule has 2 heteroatoms. The molecule has 64 valence electrons. The fourth-order valence-corrected chi connectivity index (χ4v) is 0.965. The maximum atomic E-state index is 5.48. The highest BCUT2D eigenvalue weighted by atomic mass is 35.5. The first kappa shape index (κ1) is 9.14. The van der Waals surface area contributed by atoms with Crippen molar-refractivity contribution in [3.8, 4) is 5.75 Å². The normalized spacial score (nSPS) is 9.42. The molecule has 0 heterocycles. The number of ether oxygens (including phenoxy) is 1. The van der Waals surface area contributed by atoms with Gasteiger partial charge in [-0.05, 0) is 17.7 Å². The van der Waals surface area contributed by atoms with Gasteiger partial charge in [-0.25, -0.2) is 0 Å². The summed E-state index contributed by atoms with van der Waals surface area (Å²) in [6.45, 7) is 4.21. The molecular formula is C10H11ClO. The van der Waals surface area contributed by atoms with Gasteiger partial charge in [-0.2, -0.15) is 0 Å². The lowest BCUT2D eigenvalue weighted by atomic mass is 10.2. The van der Waals surface area contributed by atoms with Crippen molar-refractivity contribution in [3.05, 3.63) is 36.4 Å². The lowest BCUT2D eigenvalue weighted by Crippen LogP contribution is -1.97. The topological polar surface area (TPSA) is 9.23 Å². The minimum absolute atomic E-state index is 0.512. The maximum absolute atomic E-state index is 5.48. The van der Waals surface area contributed by atoms with Crippen LogP contribution in [0.5, 0.6) is 5.75 Å². The zero-order valence-corrected chi connectivity index (χ0v) is 7.55. The molecule has 0 aliphatic carbocycles. The fraction of sp³-hybridized carbons (Fsp3) is 0.200. The van der Waals surface area contributed by atoms with Crippen LogP contribution in [0.2, 0.25) is 0 Å². The van der Waals surface area contributed by atoms with Gasteiger partial charge in [0, 0.05) is 0 Å². The van der Waals surface area contributed by atoms with Gasteiger partial charge >= 0.3 is 0 Å². The van der Waals surface area contributed by atoms with Gasteiger partial charge in [0.15, 0.2) is 0 Å². The molecule has 0 saturated heterocycles. The Balaban J connectivity index is 2.66. The second-order valence-electron chi connectivity index (χ2n) is 2.31. The van der Waals surface area contributed by atoms with Crippen molar-refractivity contribution in [2.75, 3.05) is 12.5 Å². The largest absolute Gasteiger partial charge is 0.492 e. The highest BCUT2D eigenvalue weighted by Gasteiger charge is 1.92. The molecular weight excluding hydrogens is 172 g/mol. The zero-order chi connectivity index (χ0) is 8.81. The average molecular weight is 183 g/mol. The van der Waals surface area contributed by atoms with Crippen LogP contribution in [0.1, 0.15) is 5.56 Å². The minimum atomic E-state index is 0.512. The van der Waals surface area contributed by atoms with Crippen LogP contribution in [0.15, 0.2) is 30.8 Å². The zero-order valence-electron chi connectivity index (χ0n) is 6.79. The van der Waals surface area contributed by atoms with E-state index in [1.165, 1.54) is 0 Å². The van der Waals surface area contributed by atoms with E-state index in [0.717, 1.165) is 11.3 Å². The van der Waals surface area contributed by atoms with Gasteiger partial charge in [0.25, 0.3) is 0 Å². The third-order valence-corrected chi connectivity index (χ3v) is 1.59. The van der Waals surface area contributed by atoms with Crippen LogP contribution < -0.4 is 4.74 Å². The Bertz CT molecular complexity index is 258. The Kier molecular flexibility index (Phi) is 3.68. The van der Waals surface area contributed by atoms with Gasteiger partial charge in [0.2, 0.25) is 0 Å². The Labute approximate surface area is 77.6 Å². The van der Waals surface area contributed by atoms with E-state index in [-0.39, 0.29) is 0 Å². The van der Waals surface area contributed by atoms with Crippen molar-refractivity contribution in [2.45, 2.75) is 0 Å². The van der Waals surface area contributed by atoms with Gasteiger partial charge in [0.1, 0.15) is 12.4 Å². The fourth-order valence-electron chi connectivity index (χ4n) is 0.888. The Morgan fingerprint density at radius 3 is 3.00 bits per heavy atom. The van der Waals surface area contributed by atoms with E-state index < -0.39 is 0 Å².